The average Bonchev–Trinajstić information content (AvgIpc) is 3.28. The number of likely N-dealkylation sites (N-methyl/N-ethyl adjacent to an activating group) is 1. The maximum Gasteiger partial charge on any atom is 0.233 e. The lowest BCUT2D eigenvalue weighted by atomic mass is 10.0. The first-order chi connectivity index (χ1) is 16.5. The zero-order valence-corrected chi connectivity index (χ0v) is 20.7. The highest BCUT2D eigenvalue weighted by Crippen LogP contribution is 2.33. The Kier molecular flexibility index (Phi) is 7.43. The van der Waals surface area contributed by atoms with Crippen molar-refractivity contribution in [1.29, 1.82) is 0 Å². The molecule has 0 aliphatic carbocycles. The number of carbonyl (C=O) groups excluding carboxylic acids is 1. The minimum Gasteiger partial charge on any atom is -0.338 e. The Labute approximate surface area is 204 Å². The average molecular weight is 472 g/mol. The van der Waals surface area contributed by atoms with Gasteiger partial charge in [0.2, 0.25) is 5.91 Å². The maximum atomic E-state index is 12.7. The SMILES string of the molecule is C=C(C)CN(CC)C(=O)CSc1nnc(-c2cc(-c3ccccc3)nc3ccccc23)n1CC. The summed E-state index contributed by atoms with van der Waals surface area (Å²) in [4.78, 5) is 19.4. The van der Waals surface area contributed by atoms with Gasteiger partial charge in [0.1, 0.15) is 0 Å². The summed E-state index contributed by atoms with van der Waals surface area (Å²) in [5.41, 5.74) is 4.80. The lowest BCUT2D eigenvalue weighted by molar-refractivity contribution is -0.127. The third-order valence-electron chi connectivity index (χ3n) is 5.58. The summed E-state index contributed by atoms with van der Waals surface area (Å²) in [7, 11) is 0. The van der Waals surface area contributed by atoms with Crippen LogP contribution in [-0.2, 0) is 11.3 Å². The first kappa shape index (κ1) is 23.7. The van der Waals surface area contributed by atoms with Gasteiger partial charge < -0.3 is 9.47 Å². The van der Waals surface area contributed by atoms with Gasteiger partial charge in [0.15, 0.2) is 11.0 Å². The van der Waals surface area contributed by atoms with Crippen molar-refractivity contribution in [1.82, 2.24) is 24.6 Å². The molecule has 0 unspecified atom stereocenters. The standard InChI is InChI=1S/C27H29N5OS/c1-5-31(17-19(3)4)25(33)18-34-27-30-29-26(32(27)6-2)22-16-24(20-12-8-7-9-13-20)28-23-15-11-10-14-21(22)23/h7-16H,3,5-6,17-18H2,1-2,4H3. The van der Waals surface area contributed by atoms with E-state index >= 15 is 0 Å². The number of benzene rings is 2. The minimum absolute atomic E-state index is 0.0726. The number of aromatic nitrogens is 4. The number of para-hydroxylation sites is 1. The van der Waals surface area contributed by atoms with Crippen molar-refractivity contribution >= 4 is 28.6 Å². The van der Waals surface area contributed by atoms with Gasteiger partial charge in [-0.3, -0.25) is 4.79 Å². The normalized spacial score (nSPS) is 11.0. The van der Waals surface area contributed by atoms with E-state index in [2.05, 4.69) is 52.5 Å². The van der Waals surface area contributed by atoms with Gasteiger partial charge in [0.25, 0.3) is 0 Å². The number of hydrogen-bond acceptors (Lipinski definition) is 5. The fourth-order valence-electron chi connectivity index (χ4n) is 3.92. The number of carbonyl (C=O) groups is 1. The molecule has 0 aliphatic heterocycles. The molecule has 0 fully saturated rings. The van der Waals surface area contributed by atoms with E-state index in [1.807, 2.05) is 55.1 Å². The molecule has 0 spiro atoms. The molecule has 4 rings (SSSR count). The van der Waals surface area contributed by atoms with Gasteiger partial charge in [-0.15, -0.1) is 10.2 Å². The van der Waals surface area contributed by atoms with Crippen molar-refractivity contribution in [3.05, 3.63) is 72.8 Å². The minimum atomic E-state index is 0.0726. The highest BCUT2D eigenvalue weighted by atomic mass is 32.2. The topological polar surface area (TPSA) is 63.9 Å². The molecule has 1 amide bonds. The van der Waals surface area contributed by atoms with E-state index in [0.29, 0.717) is 25.4 Å². The largest absolute Gasteiger partial charge is 0.338 e. The highest BCUT2D eigenvalue weighted by molar-refractivity contribution is 7.99. The molecule has 0 N–H and O–H groups in total. The van der Waals surface area contributed by atoms with Crippen molar-refractivity contribution in [2.45, 2.75) is 32.5 Å². The lowest BCUT2D eigenvalue weighted by Crippen LogP contribution is -2.33. The second-order valence-corrected chi connectivity index (χ2v) is 9.08. The molecular formula is C27H29N5OS. The molecule has 0 radical (unpaired) electrons. The van der Waals surface area contributed by atoms with Gasteiger partial charge in [-0.2, -0.15) is 0 Å². The first-order valence-electron chi connectivity index (χ1n) is 11.5. The van der Waals surface area contributed by atoms with Crippen LogP contribution in [-0.4, -0.2) is 49.4 Å². The Hall–Kier alpha value is -3.45. The fourth-order valence-corrected chi connectivity index (χ4v) is 4.82. The molecule has 2 heterocycles. The number of thioether (sulfide) groups is 1. The van der Waals surface area contributed by atoms with Gasteiger partial charge in [-0.25, -0.2) is 4.98 Å². The summed E-state index contributed by atoms with van der Waals surface area (Å²) in [5.74, 6) is 1.16. The molecule has 0 bridgehead atoms. The molecule has 0 aliphatic rings. The van der Waals surface area contributed by atoms with Gasteiger partial charge in [0, 0.05) is 36.1 Å². The van der Waals surface area contributed by atoms with Crippen LogP contribution in [0, 0.1) is 0 Å². The van der Waals surface area contributed by atoms with Crippen molar-refractivity contribution < 1.29 is 4.79 Å². The van der Waals surface area contributed by atoms with Crippen molar-refractivity contribution in [3.63, 3.8) is 0 Å². The number of nitrogens with zero attached hydrogens (tertiary/aromatic N) is 5. The molecule has 6 nitrogen and oxygen atoms in total. The van der Waals surface area contributed by atoms with E-state index in [0.717, 1.165) is 44.3 Å². The Morgan fingerprint density at radius 2 is 1.79 bits per heavy atom. The van der Waals surface area contributed by atoms with E-state index in [-0.39, 0.29) is 5.91 Å². The van der Waals surface area contributed by atoms with Crippen LogP contribution < -0.4 is 0 Å². The predicted molar refractivity (Wildman–Crippen MR) is 140 cm³/mol. The van der Waals surface area contributed by atoms with Crippen LogP contribution in [0.3, 0.4) is 0 Å². The molecule has 0 saturated carbocycles. The molecule has 2 aromatic heterocycles. The van der Waals surface area contributed by atoms with E-state index in [1.54, 1.807) is 0 Å². The van der Waals surface area contributed by atoms with Gasteiger partial charge in [-0.05, 0) is 32.9 Å². The summed E-state index contributed by atoms with van der Waals surface area (Å²) >= 11 is 1.42. The third-order valence-corrected chi connectivity index (χ3v) is 6.53. The molecule has 0 atom stereocenters. The predicted octanol–water partition coefficient (Wildman–Crippen LogP) is 5.70. The molecular weight excluding hydrogens is 442 g/mol. The Balaban J connectivity index is 1.70. The number of pyridine rings is 1. The van der Waals surface area contributed by atoms with Crippen LogP contribution in [0.4, 0.5) is 0 Å². The second-order valence-electron chi connectivity index (χ2n) is 8.14. The second kappa shape index (κ2) is 10.7. The van der Waals surface area contributed by atoms with Crippen LogP contribution in [0.15, 0.2) is 78.0 Å². The van der Waals surface area contributed by atoms with Crippen LogP contribution in [0.1, 0.15) is 20.8 Å². The Morgan fingerprint density at radius 1 is 1.06 bits per heavy atom. The van der Waals surface area contributed by atoms with Crippen LogP contribution >= 0.6 is 11.8 Å². The number of fused-ring (bicyclic) bond motifs is 1. The smallest absolute Gasteiger partial charge is 0.233 e. The lowest BCUT2D eigenvalue weighted by Gasteiger charge is -2.20. The Bertz CT molecular complexity index is 1320. The third kappa shape index (κ3) is 5.04. The maximum absolute atomic E-state index is 12.7. The van der Waals surface area contributed by atoms with Gasteiger partial charge in [0.05, 0.1) is 17.0 Å². The number of rotatable bonds is 9. The highest BCUT2D eigenvalue weighted by Gasteiger charge is 2.19. The van der Waals surface area contributed by atoms with E-state index in [4.69, 9.17) is 4.98 Å². The van der Waals surface area contributed by atoms with Crippen molar-refractivity contribution in [2.24, 2.45) is 0 Å². The van der Waals surface area contributed by atoms with Crippen LogP contribution in [0.5, 0.6) is 0 Å². The molecule has 0 saturated heterocycles. The quantitative estimate of drug-likeness (QED) is 0.232. The molecule has 4 aromatic rings. The zero-order valence-electron chi connectivity index (χ0n) is 19.9. The molecule has 7 heteroatoms. The first-order valence-corrected chi connectivity index (χ1v) is 12.4. The number of amides is 1. The van der Waals surface area contributed by atoms with Crippen molar-refractivity contribution in [3.8, 4) is 22.6 Å². The van der Waals surface area contributed by atoms with E-state index in [1.165, 1.54) is 11.8 Å². The Morgan fingerprint density at radius 3 is 2.50 bits per heavy atom. The number of hydrogen-bond donors (Lipinski definition) is 0. The van der Waals surface area contributed by atoms with Crippen molar-refractivity contribution in [2.75, 3.05) is 18.8 Å². The van der Waals surface area contributed by atoms with E-state index < -0.39 is 0 Å². The summed E-state index contributed by atoms with van der Waals surface area (Å²) in [6.45, 7) is 11.8. The monoisotopic (exact) mass is 471 g/mol. The van der Waals surface area contributed by atoms with Gasteiger partial charge in [-0.1, -0.05) is 72.4 Å². The molecule has 34 heavy (non-hydrogen) atoms. The van der Waals surface area contributed by atoms with E-state index in [9.17, 15) is 4.79 Å². The summed E-state index contributed by atoms with van der Waals surface area (Å²) in [5, 5.41) is 10.8. The summed E-state index contributed by atoms with van der Waals surface area (Å²) < 4.78 is 2.07. The fraction of sp³-hybridized carbons (Fsp3) is 0.259. The van der Waals surface area contributed by atoms with Crippen LogP contribution in [0.25, 0.3) is 33.5 Å². The molecule has 2 aromatic carbocycles. The molecule has 174 valence electrons. The van der Waals surface area contributed by atoms with Crippen LogP contribution in [0.2, 0.25) is 0 Å². The zero-order chi connectivity index (χ0) is 24.1. The van der Waals surface area contributed by atoms with Gasteiger partial charge >= 0.3 is 0 Å². The summed E-state index contributed by atoms with van der Waals surface area (Å²) in [6, 6.07) is 20.3. The summed E-state index contributed by atoms with van der Waals surface area (Å²) in [6.07, 6.45) is 0.